The molecule has 0 aromatic heterocycles. The topological polar surface area (TPSA) is 109 Å². The molecule has 2 aromatic rings. The normalized spacial score (nSPS) is 15.5. The summed E-state index contributed by atoms with van der Waals surface area (Å²) in [6, 6.07) is 13.3. The standard InChI is InChI=1S/C28H36N4O5/c1-6-14-32-19(4)24(26(33)37-16-15-36-5)25(31-28(32)35)21-8-7-9-23(17-21)30-27(34)29-22-12-10-20(11-13-22)18(2)3/h7-13,17-18,25H,6,14-16H2,1-5H3,(H,31,35)(H2,29,30,34). The Hall–Kier alpha value is -3.85. The monoisotopic (exact) mass is 508 g/mol. The molecule has 4 amide bonds. The number of hydrogen-bond acceptors (Lipinski definition) is 5. The molecule has 2 aromatic carbocycles. The van der Waals surface area contributed by atoms with Crippen LogP contribution in [-0.2, 0) is 14.3 Å². The quantitative estimate of drug-likeness (QED) is 0.294. The number of esters is 1. The van der Waals surface area contributed by atoms with Crippen molar-refractivity contribution in [2.24, 2.45) is 0 Å². The molecule has 9 nitrogen and oxygen atoms in total. The lowest BCUT2D eigenvalue weighted by molar-refractivity contribution is -0.140. The summed E-state index contributed by atoms with van der Waals surface area (Å²) in [4.78, 5) is 40.1. The molecule has 0 aliphatic carbocycles. The molecule has 3 N–H and O–H groups in total. The molecule has 3 rings (SSSR count). The molecule has 0 spiro atoms. The summed E-state index contributed by atoms with van der Waals surface area (Å²) in [7, 11) is 1.53. The van der Waals surface area contributed by atoms with E-state index in [4.69, 9.17) is 9.47 Å². The van der Waals surface area contributed by atoms with Crippen LogP contribution in [0, 0.1) is 0 Å². The van der Waals surface area contributed by atoms with Crippen molar-refractivity contribution < 1.29 is 23.9 Å². The summed E-state index contributed by atoms with van der Waals surface area (Å²) in [6.07, 6.45) is 0.732. The Kier molecular flexibility index (Phi) is 9.68. The van der Waals surface area contributed by atoms with Gasteiger partial charge in [-0.05, 0) is 54.7 Å². The Labute approximate surface area is 218 Å². The first-order valence-electron chi connectivity index (χ1n) is 12.5. The van der Waals surface area contributed by atoms with Gasteiger partial charge >= 0.3 is 18.0 Å². The van der Waals surface area contributed by atoms with Crippen molar-refractivity contribution in [3.05, 3.63) is 70.9 Å². The van der Waals surface area contributed by atoms with Crippen LogP contribution in [0.2, 0.25) is 0 Å². The number of hydrogen-bond donors (Lipinski definition) is 3. The van der Waals surface area contributed by atoms with E-state index in [1.165, 1.54) is 12.7 Å². The van der Waals surface area contributed by atoms with E-state index in [9.17, 15) is 14.4 Å². The van der Waals surface area contributed by atoms with Crippen molar-refractivity contribution in [3.8, 4) is 0 Å². The number of nitrogens with zero attached hydrogens (tertiary/aromatic N) is 1. The number of amides is 4. The molecule has 37 heavy (non-hydrogen) atoms. The second kappa shape index (κ2) is 12.9. The van der Waals surface area contributed by atoms with Crippen molar-refractivity contribution in [3.63, 3.8) is 0 Å². The van der Waals surface area contributed by atoms with Crippen LogP contribution in [0.4, 0.5) is 21.0 Å². The summed E-state index contributed by atoms with van der Waals surface area (Å²) in [5.74, 6) is -0.124. The van der Waals surface area contributed by atoms with Crippen LogP contribution in [0.15, 0.2) is 59.8 Å². The van der Waals surface area contributed by atoms with Crippen LogP contribution in [-0.4, -0.2) is 49.8 Å². The van der Waals surface area contributed by atoms with Gasteiger partial charge in [0.1, 0.15) is 6.61 Å². The minimum Gasteiger partial charge on any atom is -0.460 e. The maximum absolute atomic E-state index is 13.1. The molecule has 9 heteroatoms. The third-order valence-corrected chi connectivity index (χ3v) is 6.10. The average Bonchev–Trinajstić information content (AvgIpc) is 2.86. The molecule has 1 unspecified atom stereocenters. The van der Waals surface area contributed by atoms with Gasteiger partial charge in [0.05, 0.1) is 18.2 Å². The van der Waals surface area contributed by atoms with Crippen LogP contribution in [0.1, 0.15) is 57.2 Å². The SMILES string of the molecule is CCCN1C(=O)NC(c2cccc(NC(=O)Nc3ccc(C(C)C)cc3)c2)C(C(=O)OCCOC)=C1C. The third-order valence-electron chi connectivity index (χ3n) is 6.10. The number of carbonyl (C=O) groups excluding carboxylic acids is 3. The molecule has 0 saturated carbocycles. The Morgan fingerprint density at radius 3 is 2.41 bits per heavy atom. The number of urea groups is 2. The van der Waals surface area contributed by atoms with Gasteiger partial charge in [0.25, 0.3) is 0 Å². The average molecular weight is 509 g/mol. The van der Waals surface area contributed by atoms with Crippen LogP contribution >= 0.6 is 0 Å². The first-order valence-corrected chi connectivity index (χ1v) is 12.5. The van der Waals surface area contributed by atoms with Gasteiger partial charge in [0.2, 0.25) is 0 Å². The predicted octanol–water partition coefficient (Wildman–Crippen LogP) is 5.39. The Bertz CT molecular complexity index is 1140. The van der Waals surface area contributed by atoms with Crippen molar-refractivity contribution in [1.82, 2.24) is 10.2 Å². The van der Waals surface area contributed by atoms with E-state index in [1.807, 2.05) is 31.2 Å². The van der Waals surface area contributed by atoms with Crippen molar-refractivity contribution in [2.45, 2.75) is 46.1 Å². The highest BCUT2D eigenvalue weighted by molar-refractivity contribution is 6.00. The minimum absolute atomic E-state index is 0.0977. The number of anilines is 2. The van der Waals surface area contributed by atoms with Gasteiger partial charge in [0.15, 0.2) is 0 Å². The zero-order valence-electron chi connectivity index (χ0n) is 22.1. The number of rotatable bonds is 10. The second-order valence-corrected chi connectivity index (χ2v) is 9.14. The zero-order chi connectivity index (χ0) is 26.9. The molecular weight excluding hydrogens is 472 g/mol. The van der Waals surface area contributed by atoms with Crippen LogP contribution in [0.25, 0.3) is 0 Å². The van der Waals surface area contributed by atoms with Gasteiger partial charge < -0.3 is 25.4 Å². The fourth-order valence-corrected chi connectivity index (χ4v) is 4.12. The van der Waals surface area contributed by atoms with Crippen LogP contribution in [0.5, 0.6) is 0 Å². The number of ether oxygens (including phenoxy) is 2. The molecule has 1 aliphatic heterocycles. The highest BCUT2D eigenvalue weighted by Gasteiger charge is 2.36. The number of methoxy groups -OCH3 is 1. The fraction of sp³-hybridized carbons (Fsp3) is 0.393. The molecule has 1 aliphatic rings. The Morgan fingerprint density at radius 1 is 1.05 bits per heavy atom. The van der Waals surface area contributed by atoms with Gasteiger partial charge in [-0.3, -0.25) is 4.90 Å². The van der Waals surface area contributed by atoms with E-state index in [0.29, 0.717) is 40.7 Å². The predicted molar refractivity (Wildman–Crippen MR) is 143 cm³/mol. The van der Waals surface area contributed by atoms with Gasteiger partial charge in [-0.2, -0.15) is 0 Å². The van der Waals surface area contributed by atoms with Crippen molar-refractivity contribution in [1.29, 1.82) is 0 Å². The Balaban J connectivity index is 1.81. The lowest BCUT2D eigenvalue weighted by Gasteiger charge is -2.35. The van der Waals surface area contributed by atoms with E-state index in [2.05, 4.69) is 29.8 Å². The highest BCUT2D eigenvalue weighted by Crippen LogP contribution is 2.32. The van der Waals surface area contributed by atoms with E-state index in [0.717, 1.165) is 6.42 Å². The van der Waals surface area contributed by atoms with Crippen molar-refractivity contribution >= 4 is 29.4 Å². The first kappa shape index (κ1) is 27.7. The summed E-state index contributed by atoms with van der Waals surface area (Å²) in [5.41, 5.74) is 3.90. The number of carbonyl (C=O) groups is 3. The summed E-state index contributed by atoms with van der Waals surface area (Å²) < 4.78 is 10.4. The molecule has 1 atom stereocenters. The molecule has 0 radical (unpaired) electrons. The number of allylic oxidation sites excluding steroid dienone is 1. The molecule has 0 saturated heterocycles. The lowest BCUT2D eigenvalue weighted by Crippen LogP contribution is -2.48. The van der Waals surface area contributed by atoms with Crippen molar-refractivity contribution in [2.75, 3.05) is 37.5 Å². The summed E-state index contributed by atoms with van der Waals surface area (Å²) in [6.45, 7) is 8.76. The summed E-state index contributed by atoms with van der Waals surface area (Å²) in [5, 5.41) is 8.57. The maximum Gasteiger partial charge on any atom is 0.338 e. The smallest absolute Gasteiger partial charge is 0.338 e. The van der Waals surface area contributed by atoms with E-state index >= 15 is 0 Å². The van der Waals surface area contributed by atoms with E-state index in [1.54, 1.807) is 36.1 Å². The molecule has 198 valence electrons. The van der Waals surface area contributed by atoms with Gasteiger partial charge in [-0.25, -0.2) is 14.4 Å². The van der Waals surface area contributed by atoms with Crippen LogP contribution < -0.4 is 16.0 Å². The third kappa shape index (κ3) is 7.10. The Morgan fingerprint density at radius 2 is 1.76 bits per heavy atom. The lowest BCUT2D eigenvalue weighted by atomic mass is 9.94. The van der Waals surface area contributed by atoms with Gasteiger partial charge in [-0.15, -0.1) is 0 Å². The first-order chi connectivity index (χ1) is 17.7. The second-order valence-electron chi connectivity index (χ2n) is 9.14. The van der Waals surface area contributed by atoms with Gasteiger partial charge in [-0.1, -0.05) is 45.0 Å². The van der Waals surface area contributed by atoms with E-state index in [-0.39, 0.29) is 19.2 Å². The van der Waals surface area contributed by atoms with E-state index < -0.39 is 18.0 Å². The highest BCUT2D eigenvalue weighted by atomic mass is 16.6. The van der Waals surface area contributed by atoms with Crippen LogP contribution in [0.3, 0.4) is 0 Å². The number of nitrogens with one attached hydrogen (secondary N) is 3. The summed E-state index contributed by atoms with van der Waals surface area (Å²) >= 11 is 0. The largest absolute Gasteiger partial charge is 0.460 e. The zero-order valence-corrected chi connectivity index (χ0v) is 22.1. The molecular formula is C28H36N4O5. The molecule has 0 fully saturated rings. The number of benzene rings is 2. The fourth-order valence-electron chi connectivity index (χ4n) is 4.12. The minimum atomic E-state index is -0.732. The molecule has 0 bridgehead atoms. The molecule has 1 heterocycles. The van der Waals surface area contributed by atoms with Gasteiger partial charge in [0, 0.05) is 30.7 Å². The maximum atomic E-state index is 13.1.